The number of unbranched alkanes of at least 4 members (excludes halogenated alkanes) is 1. The van der Waals surface area contributed by atoms with E-state index in [1.807, 2.05) is 0 Å². The zero-order chi connectivity index (χ0) is 11.6. The van der Waals surface area contributed by atoms with E-state index in [1.54, 1.807) is 0 Å². The Morgan fingerprint density at radius 2 is 2.31 bits per heavy atom. The van der Waals surface area contributed by atoms with Crippen molar-refractivity contribution >= 4 is 29.4 Å². The first-order valence-corrected chi connectivity index (χ1v) is 7.89. The summed E-state index contributed by atoms with van der Waals surface area (Å²) in [6.45, 7) is 2.14. The fourth-order valence-corrected chi connectivity index (χ4v) is 4.17. The van der Waals surface area contributed by atoms with Crippen LogP contribution in [0.5, 0.6) is 0 Å². The molecule has 94 valence electrons. The number of hydrogen-bond acceptors (Lipinski definition) is 5. The molecule has 4 N–H and O–H groups in total. The molecule has 1 aliphatic rings. The number of nitrogens with one attached hydrogen (secondary N) is 1. The first kappa shape index (κ1) is 14.0. The third-order valence-electron chi connectivity index (χ3n) is 2.42. The molecule has 0 radical (unpaired) electrons. The number of nitrogens with two attached hydrogens (primary N) is 1. The van der Waals surface area contributed by atoms with Gasteiger partial charge in [-0.05, 0) is 19.4 Å². The zero-order valence-electron chi connectivity index (χ0n) is 9.52. The van der Waals surface area contributed by atoms with Gasteiger partial charge in [-0.25, -0.2) is 0 Å². The van der Waals surface area contributed by atoms with Crippen molar-refractivity contribution in [2.24, 2.45) is 10.9 Å². The summed E-state index contributed by atoms with van der Waals surface area (Å²) in [5, 5.41) is 15.5. The lowest BCUT2D eigenvalue weighted by atomic mass is 10.2. The average molecular weight is 263 g/mol. The van der Waals surface area contributed by atoms with E-state index in [-0.39, 0.29) is 0 Å². The zero-order valence-corrected chi connectivity index (χ0v) is 11.2. The Kier molecular flexibility index (Phi) is 7.88. The second kappa shape index (κ2) is 9.01. The van der Waals surface area contributed by atoms with E-state index in [0.717, 1.165) is 31.2 Å². The van der Waals surface area contributed by atoms with Crippen molar-refractivity contribution in [2.45, 2.75) is 24.5 Å². The van der Waals surface area contributed by atoms with Gasteiger partial charge in [0.15, 0.2) is 0 Å². The molecule has 16 heavy (non-hydrogen) atoms. The fraction of sp³-hybridized carbons (Fsp3) is 0.900. The highest BCUT2D eigenvalue weighted by Crippen LogP contribution is 2.23. The van der Waals surface area contributed by atoms with Crippen LogP contribution >= 0.6 is 23.5 Å². The average Bonchev–Trinajstić information content (AvgIpc) is 2.34. The van der Waals surface area contributed by atoms with E-state index in [2.05, 4.69) is 34.0 Å². The van der Waals surface area contributed by atoms with Crippen molar-refractivity contribution in [3.63, 3.8) is 0 Å². The van der Waals surface area contributed by atoms with Gasteiger partial charge in [0.05, 0.1) is 0 Å². The van der Waals surface area contributed by atoms with Crippen LogP contribution in [-0.2, 0) is 0 Å². The minimum absolute atomic E-state index is 0.333. The van der Waals surface area contributed by atoms with Gasteiger partial charge in [-0.1, -0.05) is 5.16 Å². The van der Waals surface area contributed by atoms with Gasteiger partial charge in [0.2, 0.25) is 0 Å². The van der Waals surface area contributed by atoms with Crippen LogP contribution in [0.4, 0.5) is 0 Å². The van der Waals surface area contributed by atoms with Gasteiger partial charge >= 0.3 is 0 Å². The smallest absolute Gasteiger partial charge is 0.139 e. The molecule has 0 aromatic rings. The van der Waals surface area contributed by atoms with Gasteiger partial charge < -0.3 is 16.3 Å². The van der Waals surface area contributed by atoms with Gasteiger partial charge in [0.1, 0.15) is 5.84 Å². The molecule has 1 heterocycles. The molecule has 1 atom stereocenters. The predicted octanol–water partition coefficient (Wildman–Crippen LogP) is 1.34. The van der Waals surface area contributed by atoms with Crippen LogP contribution in [0.1, 0.15) is 19.3 Å². The molecule has 1 aliphatic heterocycles. The van der Waals surface area contributed by atoms with Crippen molar-refractivity contribution in [1.29, 1.82) is 0 Å². The summed E-state index contributed by atoms with van der Waals surface area (Å²) in [4.78, 5) is 0. The van der Waals surface area contributed by atoms with Gasteiger partial charge in [0, 0.05) is 35.5 Å². The molecule has 4 nitrogen and oxygen atoms in total. The topological polar surface area (TPSA) is 70.6 Å². The van der Waals surface area contributed by atoms with Crippen molar-refractivity contribution < 1.29 is 5.21 Å². The van der Waals surface area contributed by atoms with Gasteiger partial charge in [-0.3, -0.25) is 0 Å². The van der Waals surface area contributed by atoms with E-state index in [1.165, 1.54) is 17.3 Å². The van der Waals surface area contributed by atoms with Crippen molar-refractivity contribution in [3.05, 3.63) is 0 Å². The summed E-state index contributed by atoms with van der Waals surface area (Å²) in [6, 6.07) is 0. The lowest BCUT2D eigenvalue weighted by molar-refractivity contribution is 0.316. The molecule has 1 saturated heterocycles. The van der Waals surface area contributed by atoms with Crippen molar-refractivity contribution in [3.8, 4) is 0 Å². The molecule has 0 spiro atoms. The van der Waals surface area contributed by atoms with E-state index in [0.29, 0.717) is 12.3 Å². The maximum absolute atomic E-state index is 8.35. The Morgan fingerprint density at radius 1 is 1.44 bits per heavy atom. The quantitative estimate of drug-likeness (QED) is 0.213. The fourth-order valence-electron chi connectivity index (χ4n) is 1.52. The normalized spacial score (nSPS) is 22.2. The van der Waals surface area contributed by atoms with Crippen LogP contribution < -0.4 is 11.1 Å². The highest BCUT2D eigenvalue weighted by atomic mass is 32.2. The minimum Gasteiger partial charge on any atom is -0.409 e. The molecule has 0 bridgehead atoms. The molecule has 0 aromatic carbocycles. The monoisotopic (exact) mass is 263 g/mol. The molecule has 6 heteroatoms. The maximum Gasteiger partial charge on any atom is 0.139 e. The Morgan fingerprint density at radius 3 is 3.00 bits per heavy atom. The molecule has 0 saturated carbocycles. The van der Waals surface area contributed by atoms with Crippen LogP contribution in [0.25, 0.3) is 0 Å². The molecule has 0 amide bonds. The largest absolute Gasteiger partial charge is 0.409 e. The lowest BCUT2D eigenvalue weighted by Crippen LogP contribution is -2.29. The standard InChI is InChI=1S/C10H21N3OS2/c11-10(13-14)3-1-2-4-12-7-9-8-15-5-6-16-9/h9,12,14H,1-8H2,(H2,11,13). The molecule has 1 unspecified atom stereocenters. The number of thioether (sulfide) groups is 2. The third-order valence-corrected chi connectivity index (χ3v) is 5.27. The Bertz CT molecular complexity index is 208. The Labute approximate surface area is 106 Å². The lowest BCUT2D eigenvalue weighted by Gasteiger charge is -2.21. The van der Waals surface area contributed by atoms with E-state index in [4.69, 9.17) is 10.9 Å². The summed E-state index contributed by atoms with van der Waals surface area (Å²) in [5.41, 5.74) is 5.38. The molecule has 0 aromatic heterocycles. The number of oxime groups is 1. The van der Waals surface area contributed by atoms with Gasteiger partial charge in [-0.2, -0.15) is 23.5 Å². The minimum atomic E-state index is 0.333. The Hall–Kier alpha value is -0.0700. The van der Waals surface area contributed by atoms with Crippen LogP contribution in [0.2, 0.25) is 0 Å². The van der Waals surface area contributed by atoms with E-state index in [9.17, 15) is 0 Å². The number of hydrogen-bond donors (Lipinski definition) is 3. The Balaban J connectivity index is 1.87. The SMILES string of the molecule is NC(CCCCNCC1CSCCS1)=NO. The van der Waals surface area contributed by atoms with Crippen LogP contribution in [0.3, 0.4) is 0 Å². The number of nitrogens with zero attached hydrogens (tertiary/aromatic N) is 1. The highest BCUT2D eigenvalue weighted by Gasteiger charge is 2.12. The summed E-state index contributed by atoms with van der Waals surface area (Å²) >= 11 is 4.14. The summed E-state index contributed by atoms with van der Waals surface area (Å²) in [7, 11) is 0. The number of amidine groups is 1. The first-order chi connectivity index (χ1) is 7.83. The molecular weight excluding hydrogens is 242 g/mol. The summed E-state index contributed by atoms with van der Waals surface area (Å²) < 4.78 is 0. The van der Waals surface area contributed by atoms with Crippen molar-refractivity contribution in [2.75, 3.05) is 30.3 Å². The van der Waals surface area contributed by atoms with Gasteiger partial charge in [-0.15, -0.1) is 0 Å². The second-order valence-corrected chi connectivity index (χ2v) is 6.38. The maximum atomic E-state index is 8.35. The second-order valence-electron chi connectivity index (χ2n) is 3.82. The summed E-state index contributed by atoms with van der Waals surface area (Å²) in [6.07, 6.45) is 2.75. The molecule has 1 fully saturated rings. The van der Waals surface area contributed by atoms with E-state index >= 15 is 0 Å². The predicted molar refractivity (Wildman–Crippen MR) is 73.7 cm³/mol. The van der Waals surface area contributed by atoms with E-state index < -0.39 is 0 Å². The van der Waals surface area contributed by atoms with Crippen LogP contribution in [0.15, 0.2) is 5.16 Å². The number of rotatable bonds is 7. The molecule has 0 aliphatic carbocycles. The molecular formula is C10H21N3OS2. The van der Waals surface area contributed by atoms with Crippen LogP contribution in [-0.4, -0.2) is 46.6 Å². The third kappa shape index (κ3) is 6.50. The van der Waals surface area contributed by atoms with Gasteiger partial charge in [0.25, 0.3) is 0 Å². The first-order valence-electron chi connectivity index (χ1n) is 5.69. The summed E-state index contributed by atoms with van der Waals surface area (Å²) in [5.74, 6) is 4.21. The van der Waals surface area contributed by atoms with Crippen molar-refractivity contribution in [1.82, 2.24) is 5.32 Å². The van der Waals surface area contributed by atoms with Crippen LogP contribution in [0, 0.1) is 0 Å². The highest BCUT2D eigenvalue weighted by molar-refractivity contribution is 8.06. The molecule has 1 rings (SSSR count).